The van der Waals surface area contributed by atoms with Crippen LogP contribution in [0.4, 0.5) is 0 Å². The standard InChI is InChI=1S/C15H16N2S/c16-10-15(14-4-2-1-3-5-14)11-17-8-6-13-7-9-18-12-13/h1-5,7,9,12,15,17H,6,8,11H2. The van der Waals surface area contributed by atoms with E-state index in [1.807, 2.05) is 30.3 Å². The Balaban J connectivity index is 1.77. The highest BCUT2D eigenvalue weighted by molar-refractivity contribution is 7.07. The number of hydrogen-bond donors (Lipinski definition) is 1. The van der Waals surface area contributed by atoms with Crippen molar-refractivity contribution < 1.29 is 0 Å². The largest absolute Gasteiger partial charge is 0.315 e. The van der Waals surface area contributed by atoms with Gasteiger partial charge in [-0.05, 0) is 40.9 Å². The predicted octanol–water partition coefficient (Wildman–Crippen LogP) is 3.19. The average Bonchev–Trinajstić information content (AvgIpc) is 2.93. The second-order valence-electron chi connectivity index (χ2n) is 4.18. The van der Waals surface area contributed by atoms with Gasteiger partial charge in [-0.1, -0.05) is 30.3 Å². The predicted molar refractivity (Wildman–Crippen MR) is 75.7 cm³/mol. The molecule has 0 saturated carbocycles. The lowest BCUT2D eigenvalue weighted by Gasteiger charge is -2.10. The number of nitrogens with one attached hydrogen (secondary N) is 1. The van der Waals surface area contributed by atoms with Crippen molar-refractivity contribution in [2.24, 2.45) is 0 Å². The molecule has 0 amide bonds. The molecule has 92 valence electrons. The summed E-state index contributed by atoms with van der Waals surface area (Å²) in [6.07, 6.45) is 1.02. The van der Waals surface area contributed by atoms with Crippen molar-refractivity contribution in [3.05, 3.63) is 58.3 Å². The van der Waals surface area contributed by atoms with E-state index in [1.54, 1.807) is 11.3 Å². The molecule has 1 aromatic heterocycles. The number of thiophene rings is 1. The lowest BCUT2D eigenvalue weighted by Crippen LogP contribution is -2.23. The van der Waals surface area contributed by atoms with Gasteiger partial charge in [0.1, 0.15) is 0 Å². The molecule has 0 aliphatic heterocycles. The lowest BCUT2D eigenvalue weighted by atomic mass is 10.0. The zero-order chi connectivity index (χ0) is 12.6. The maximum atomic E-state index is 9.17. The highest BCUT2D eigenvalue weighted by atomic mass is 32.1. The second-order valence-corrected chi connectivity index (χ2v) is 4.96. The van der Waals surface area contributed by atoms with Crippen molar-refractivity contribution >= 4 is 11.3 Å². The van der Waals surface area contributed by atoms with Crippen LogP contribution in [-0.4, -0.2) is 13.1 Å². The molecule has 1 N–H and O–H groups in total. The zero-order valence-corrected chi connectivity index (χ0v) is 11.0. The summed E-state index contributed by atoms with van der Waals surface area (Å²) in [5, 5.41) is 16.8. The molecular weight excluding hydrogens is 240 g/mol. The summed E-state index contributed by atoms with van der Waals surface area (Å²) in [6, 6.07) is 14.4. The van der Waals surface area contributed by atoms with Gasteiger partial charge in [0.25, 0.3) is 0 Å². The molecule has 1 atom stereocenters. The minimum atomic E-state index is -0.0614. The van der Waals surface area contributed by atoms with E-state index in [4.69, 9.17) is 0 Å². The minimum absolute atomic E-state index is 0.0614. The first-order valence-electron chi connectivity index (χ1n) is 6.06. The molecule has 0 radical (unpaired) electrons. The van der Waals surface area contributed by atoms with E-state index in [1.165, 1.54) is 5.56 Å². The first-order chi connectivity index (χ1) is 8.90. The Bertz CT molecular complexity index is 485. The maximum Gasteiger partial charge on any atom is 0.0837 e. The Labute approximate surface area is 112 Å². The van der Waals surface area contributed by atoms with Crippen LogP contribution in [0.2, 0.25) is 0 Å². The quantitative estimate of drug-likeness (QED) is 0.806. The van der Waals surface area contributed by atoms with E-state index in [2.05, 4.69) is 28.2 Å². The third-order valence-electron chi connectivity index (χ3n) is 2.88. The fraction of sp³-hybridized carbons (Fsp3) is 0.267. The maximum absolute atomic E-state index is 9.17. The molecule has 0 spiro atoms. The fourth-order valence-electron chi connectivity index (χ4n) is 1.84. The van der Waals surface area contributed by atoms with Crippen LogP contribution in [-0.2, 0) is 6.42 Å². The van der Waals surface area contributed by atoms with Gasteiger partial charge in [-0.2, -0.15) is 16.6 Å². The van der Waals surface area contributed by atoms with Crippen LogP contribution in [0.25, 0.3) is 0 Å². The monoisotopic (exact) mass is 256 g/mol. The van der Waals surface area contributed by atoms with Crippen molar-refractivity contribution in [1.82, 2.24) is 5.32 Å². The van der Waals surface area contributed by atoms with Gasteiger partial charge in [-0.3, -0.25) is 0 Å². The third kappa shape index (κ3) is 3.69. The van der Waals surface area contributed by atoms with Gasteiger partial charge in [0.15, 0.2) is 0 Å². The first-order valence-corrected chi connectivity index (χ1v) is 7.01. The molecule has 18 heavy (non-hydrogen) atoms. The summed E-state index contributed by atoms with van der Waals surface area (Å²) in [5.74, 6) is -0.0614. The first kappa shape index (κ1) is 12.8. The molecule has 1 unspecified atom stereocenters. The van der Waals surface area contributed by atoms with Crippen LogP contribution in [0.15, 0.2) is 47.2 Å². The summed E-state index contributed by atoms with van der Waals surface area (Å²) < 4.78 is 0. The highest BCUT2D eigenvalue weighted by Gasteiger charge is 2.08. The van der Waals surface area contributed by atoms with Crippen molar-refractivity contribution in [2.45, 2.75) is 12.3 Å². The van der Waals surface area contributed by atoms with E-state index in [0.717, 1.165) is 18.5 Å². The summed E-state index contributed by atoms with van der Waals surface area (Å²) in [7, 11) is 0. The molecule has 0 saturated heterocycles. The Morgan fingerprint density at radius 3 is 2.72 bits per heavy atom. The molecule has 0 aliphatic carbocycles. The van der Waals surface area contributed by atoms with Gasteiger partial charge in [0.05, 0.1) is 12.0 Å². The van der Waals surface area contributed by atoms with Crippen molar-refractivity contribution in [3.8, 4) is 6.07 Å². The number of nitriles is 1. The van der Waals surface area contributed by atoms with Crippen LogP contribution in [0, 0.1) is 11.3 Å². The number of nitrogens with zero attached hydrogens (tertiary/aromatic N) is 1. The van der Waals surface area contributed by atoms with Crippen molar-refractivity contribution in [1.29, 1.82) is 5.26 Å². The Morgan fingerprint density at radius 1 is 1.22 bits per heavy atom. The Morgan fingerprint density at radius 2 is 2.06 bits per heavy atom. The van der Waals surface area contributed by atoms with E-state index in [-0.39, 0.29) is 5.92 Å². The summed E-state index contributed by atoms with van der Waals surface area (Å²) in [6.45, 7) is 1.63. The van der Waals surface area contributed by atoms with E-state index >= 15 is 0 Å². The van der Waals surface area contributed by atoms with E-state index in [0.29, 0.717) is 6.54 Å². The summed E-state index contributed by atoms with van der Waals surface area (Å²) >= 11 is 1.73. The van der Waals surface area contributed by atoms with Gasteiger partial charge in [-0.15, -0.1) is 0 Å². The summed E-state index contributed by atoms with van der Waals surface area (Å²) in [5.41, 5.74) is 2.45. The van der Waals surface area contributed by atoms with Crippen LogP contribution in [0.5, 0.6) is 0 Å². The molecule has 3 heteroatoms. The molecule has 2 nitrogen and oxygen atoms in total. The van der Waals surface area contributed by atoms with Crippen LogP contribution in [0.3, 0.4) is 0 Å². The molecule has 1 heterocycles. The average molecular weight is 256 g/mol. The van der Waals surface area contributed by atoms with Gasteiger partial charge < -0.3 is 5.32 Å². The molecule has 0 bridgehead atoms. The molecule has 0 aliphatic rings. The molecule has 2 rings (SSSR count). The number of benzene rings is 1. The topological polar surface area (TPSA) is 35.8 Å². The van der Waals surface area contributed by atoms with Gasteiger partial charge in [0.2, 0.25) is 0 Å². The molecular formula is C15H16N2S. The van der Waals surface area contributed by atoms with E-state index < -0.39 is 0 Å². The SMILES string of the molecule is N#CC(CNCCc1ccsc1)c1ccccc1. The third-order valence-corrected chi connectivity index (χ3v) is 3.61. The Kier molecular flexibility index (Phi) is 4.95. The molecule has 1 aromatic carbocycles. The number of rotatable bonds is 6. The highest BCUT2D eigenvalue weighted by Crippen LogP contribution is 2.13. The van der Waals surface area contributed by atoms with Crippen LogP contribution in [0.1, 0.15) is 17.0 Å². The van der Waals surface area contributed by atoms with Crippen LogP contribution >= 0.6 is 11.3 Å². The zero-order valence-electron chi connectivity index (χ0n) is 10.2. The fourth-order valence-corrected chi connectivity index (χ4v) is 2.54. The summed E-state index contributed by atoms with van der Waals surface area (Å²) in [4.78, 5) is 0. The molecule has 0 fully saturated rings. The van der Waals surface area contributed by atoms with Gasteiger partial charge in [0, 0.05) is 6.54 Å². The van der Waals surface area contributed by atoms with Crippen molar-refractivity contribution in [3.63, 3.8) is 0 Å². The smallest absolute Gasteiger partial charge is 0.0837 e. The van der Waals surface area contributed by atoms with Crippen molar-refractivity contribution in [2.75, 3.05) is 13.1 Å². The lowest BCUT2D eigenvalue weighted by molar-refractivity contribution is 0.650. The van der Waals surface area contributed by atoms with Gasteiger partial charge >= 0.3 is 0 Å². The molecule has 2 aromatic rings. The normalized spacial score (nSPS) is 11.9. The second kappa shape index (κ2) is 6.95. The Hall–Kier alpha value is -1.63. The minimum Gasteiger partial charge on any atom is -0.315 e. The van der Waals surface area contributed by atoms with E-state index in [9.17, 15) is 5.26 Å². The van der Waals surface area contributed by atoms with Crippen LogP contribution < -0.4 is 5.32 Å². The number of hydrogen-bond acceptors (Lipinski definition) is 3. The van der Waals surface area contributed by atoms with Gasteiger partial charge in [-0.25, -0.2) is 0 Å².